The first kappa shape index (κ1) is 14.2. The molecule has 0 unspecified atom stereocenters. The van der Waals surface area contributed by atoms with E-state index in [9.17, 15) is 4.79 Å². The van der Waals surface area contributed by atoms with Gasteiger partial charge in [-0.25, -0.2) is 0 Å². The van der Waals surface area contributed by atoms with Crippen LogP contribution >= 0.6 is 35.0 Å². The minimum atomic E-state index is 0.0727. The van der Waals surface area contributed by atoms with Gasteiger partial charge in [-0.05, 0) is 36.9 Å². The number of benzene rings is 1. The van der Waals surface area contributed by atoms with Gasteiger partial charge in [0.1, 0.15) is 0 Å². The van der Waals surface area contributed by atoms with Gasteiger partial charge in [-0.15, -0.1) is 0 Å². The lowest BCUT2D eigenvalue weighted by atomic mass is 10.1. The van der Waals surface area contributed by atoms with Crippen molar-refractivity contribution in [2.24, 2.45) is 0 Å². The molecule has 0 N–H and O–H groups in total. The first-order chi connectivity index (χ1) is 8.66. The molecule has 0 aromatic heterocycles. The van der Waals surface area contributed by atoms with E-state index in [1.54, 1.807) is 18.2 Å². The van der Waals surface area contributed by atoms with Gasteiger partial charge in [0.2, 0.25) is 0 Å². The monoisotopic (exact) mass is 303 g/mol. The predicted molar refractivity (Wildman–Crippen MR) is 79.2 cm³/mol. The summed E-state index contributed by atoms with van der Waals surface area (Å²) in [7, 11) is 0. The number of Topliss-reactive ketones (excluding diaryl/α,β-unsaturated/α-hetero) is 1. The zero-order valence-corrected chi connectivity index (χ0v) is 12.3. The Morgan fingerprint density at radius 1 is 1.28 bits per heavy atom. The lowest BCUT2D eigenvalue weighted by Crippen LogP contribution is -2.31. The molecule has 0 bridgehead atoms. The molecule has 1 aromatic carbocycles. The van der Waals surface area contributed by atoms with Gasteiger partial charge >= 0.3 is 0 Å². The molecule has 0 aliphatic carbocycles. The van der Waals surface area contributed by atoms with Crippen molar-refractivity contribution in [1.82, 2.24) is 4.90 Å². The van der Waals surface area contributed by atoms with E-state index >= 15 is 0 Å². The Morgan fingerprint density at radius 3 is 2.89 bits per heavy atom. The van der Waals surface area contributed by atoms with Gasteiger partial charge in [0.15, 0.2) is 5.78 Å². The number of ketones is 1. The van der Waals surface area contributed by atoms with E-state index in [0.717, 1.165) is 25.3 Å². The van der Waals surface area contributed by atoms with Gasteiger partial charge < -0.3 is 0 Å². The van der Waals surface area contributed by atoms with Crippen LogP contribution in [-0.4, -0.2) is 41.8 Å². The Bertz CT molecular complexity index is 431. The topological polar surface area (TPSA) is 20.3 Å². The van der Waals surface area contributed by atoms with Crippen molar-refractivity contribution in [2.75, 3.05) is 31.1 Å². The van der Waals surface area contributed by atoms with Crippen LogP contribution in [0, 0.1) is 0 Å². The molecule has 1 aliphatic rings. The molecule has 2 nitrogen and oxygen atoms in total. The van der Waals surface area contributed by atoms with E-state index in [4.69, 9.17) is 23.2 Å². The number of hydrogen-bond donors (Lipinski definition) is 0. The number of rotatable bonds is 3. The zero-order valence-electron chi connectivity index (χ0n) is 9.99. The quantitative estimate of drug-likeness (QED) is 0.796. The third-order valence-corrected chi connectivity index (χ3v) is 4.51. The number of hydrogen-bond acceptors (Lipinski definition) is 3. The minimum Gasteiger partial charge on any atom is -0.295 e. The Balaban J connectivity index is 2.02. The van der Waals surface area contributed by atoms with Crippen molar-refractivity contribution >= 4 is 40.7 Å². The summed E-state index contributed by atoms with van der Waals surface area (Å²) in [6.45, 7) is 2.41. The largest absolute Gasteiger partial charge is 0.295 e. The molecule has 98 valence electrons. The second kappa shape index (κ2) is 6.80. The molecule has 1 aromatic rings. The summed E-state index contributed by atoms with van der Waals surface area (Å²) in [5, 5.41) is 0.999. The maximum Gasteiger partial charge on any atom is 0.178 e. The Labute approximate surface area is 122 Å². The first-order valence-corrected chi connectivity index (χ1v) is 7.86. The van der Waals surface area contributed by atoms with E-state index in [0.29, 0.717) is 22.2 Å². The van der Waals surface area contributed by atoms with Gasteiger partial charge in [0.05, 0.1) is 11.6 Å². The Kier molecular flexibility index (Phi) is 5.37. The fourth-order valence-electron chi connectivity index (χ4n) is 1.96. The Morgan fingerprint density at radius 2 is 2.11 bits per heavy atom. The third kappa shape index (κ3) is 3.89. The van der Waals surface area contributed by atoms with E-state index < -0.39 is 0 Å². The standard InChI is InChI=1S/C13H15Cl2NOS/c14-10-2-3-11(12(15)8-10)13(17)9-16-4-1-6-18-7-5-16/h2-3,8H,1,4-7,9H2. The van der Waals surface area contributed by atoms with Crippen molar-refractivity contribution in [2.45, 2.75) is 6.42 Å². The molecule has 0 saturated carbocycles. The van der Waals surface area contributed by atoms with Crippen LogP contribution in [0.15, 0.2) is 18.2 Å². The molecule has 1 fully saturated rings. The van der Waals surface area contributed by atoms with Crippen LogP contribution in [0.5, 0.6) is 0 Å². The molecular formula is C13H15Cl2NOS. The number of thioether (sulfide) groups is 1. The molecule has 1 saturated heterocycles. The highest BCUT2D eigenvalue weighted by Crippen LogP contribution is 2.22. The summed E-state index contributed by atoms with van der Waals surface area (Å²) >= 11 is 13.8. The molecular weight excluding hydrogens is 289 g/mol. The fraction of sp³-hybridized carbons (Fsp3) is 0.462. The van der Waals surface area contributed by atoms with Crippen LogP contribution in [-0.2, 0) is 0 Å². The van der Waals surface area contributed by atoms with Crippen molar-refractivity contribution in [3.8, 4) is 0 Å². The van der Waals surface area contributed by atoms with E-state index in [1.165, 1.54) is 5.75 Å². The van der Waals surface area contributed by atoms with E-state index in [1.807, 2.05) is 11.8 Å². The van der Waals surface area contributed by atoms with Gasteiger partial charge in [0, 0.05) is 22.9 Å². The molecule has 0 spiro atoms. The average molecular weight is 304 g/mol. The molecule has 1 aliphatic heterocycles. The van der Waals surface area contributed by atoms with Crippen molar-refractivity contribution in [1.29, 1.82) is 0 Å². The lowest BCUT2D eigenvalue weighted by molar-refractivity contribution is 0.0936. The lowest BCUT2D eigenvalue weighted by Gasteiger charge is -2.18. The first-order valence-electron chi connectivity index (χ1n) is 5.95. The second-order valence-electron chi connectivity index (χ2n) is 4.29. The molecule has 0 amide bonds. The Hall–Kier alpha value is -0.220. The summed E-state index contributed by atoms with van der Waals surface area (Å²) in [4.78, 5) is 14.4. The molecule has 0 radical (unpaired) electrons. The van der Waals surface area contributed by atoms with Gasteiger partial charge in [-0.2, -0.15) is 11.8 Å². The summed E-state index contributed by atoms with van der Waals surface area (Å²) in [5.41, 5.74) is 0.568. The number of carbonyl (C=O) groups excluding carboxylic acids is 1. The number of carbonyl (C=O) groups is 1. The molecule has 2 rings (SSSR count). The van der Waals surface area contributed by atoms with Crippen LogP contribution in [0.4, 0.5) is 0 Å². The van der Waals surface area contributed by atoms with Gasteiger partial charge in [-0.3, -0.25) is 9.69 Å². The van der Waals surface area contributed by atoms with Crippen molar-refractivity contribution < 1.29 is 4.79 Å². The van der Waals surface area contributed by atoms with Crippen LogP contribution in [0.3, 0.4) is 0 Å². The summed E-state index contributed by atoms with van der Waals surface area (Å²) in [5.74, 6) is 2.36. The SMILES string of the molecule is O=C(CN1CCCSCC1)c1ccc(Cl)cc1Cl. The number of halogens is 2. The summed E-state index contributed by atoms with van der Waals surface area (Å²) in [6.07, 6.45) is 1.15. The minimum absolute atomic E-state index is 0.0727. The van der Waals surface area contributed by atoms with Crippen LogP contribution in [0.1, 0.15) is 16.8 Å². The highest BCUT2D eigenvalue weighted by molar-refractivity contribution is 7.99. The predicted octanol–water partition coefficient (Wildman–Crippen LogP) is 3.62. The fourth-order valence-corrected chi connectivity index (χ4v) is 3.40. The van der Waals surface area contributed by atoms with Gasteiger partial charge in [-0.1, -0.05) is 23.2 Å². The maximum atomic E-state index is 12.2. The molecule has 5 heteroatoms. The zero-order chi connectivity index (χ0) is 13.0. The molecule has 1 heterocycles. The molecule has 0 atom stereocenters. The summed E-state index contributed by atoms with van der Waals surface area (Å²) < 4.78 is 0. The van der Waals surface area contributed by atoms with Crippen molar-refractivity contribution in [3.63, 3.8) is 0 Å². The van der Waals surface area contributed by atoms with Crippen molar-refractivity contribution in [3.05, 3.63) is 33.8 Å². The van der Waals surface area contributed by atoms with E-state index in [2.05, 4.69) is 4.90 Å². The molecule has 18 heavy (non-hydrogen) atoms. The van der Waals surface area contributed by atoms with Gasteiger partial charge in [0.25, 0.3) is 0 Å². The van der Waals surface area contributed by atoms with Crippen LogP contribution < -0.4 is 0 Å². The third-order valence-electron chi connectivity index (χ3n) is 2.91. The number of nitrogens with zero attached hydrogens (tertiary/aromatic N) is 1. The maximum absolute atomic E-state index is 12.2. The van der Waals surface area contributed by atoms with Crippen LogP contribution in [0.2, 0.25) is 10.0 Å². The highest BCUT2D eigenvalue weighted by Gasteiger charge is 2.16. The average Bonchev–Trinajstić information content (AvgIpc) is 2.57. The smallest absolute Gasteiger partial charge is 0.178 e. The van der Waals surface area contributed by atoms with E-state index in [-0.39, 0.29) is 5.78 Å². The second-order valence-corrected chi connectivity index (χ2v) is 6.36. The highest BCUT2D eigenvalue weighted by atomic mass is 35.5. The van der Waals surface area contributed by atoms with Crippen LogP contribution in [0.25, 0.3) is 0 Å². The normalized spacial score (nSPS) is 17.4. The summed E-state index contributed by atoms with van der Waals surface area (Å²) in [6, 6.07) is 5.03.